The Labute approximate surface area is 95.1 Å². The van der Waals surface area contributed by atoms with Crippen LogP contribution in [-0.4, -0.2) is 4.98 Å². The molecule has 3 heteroatoms. The number of hydrogen-bond acceptors (Lipinski definition) is 1. The fourth-order valence-electron chi connectivity index (χ4n) is 1.24. The quantitative estimate of drug-likeness (QED) is 0.735. The molecule has 1 aromatic carbocycles. The molecule has 1 aromatic heterocycles. The Hall–Kier alpha value is -0.970. The van der Waals surface area contributed by atoms with Gasteiger partial charge in [0.15, 0.2) is 5.82 Å². The number of halogens is 2. The summed E-state index contributed by atoms with van der Waals surface area (Å²) in [6.45, 7) is 0. The van der Waals surface area contributed by atoms with E-state index in [0.29, 0.717) is 3.57 Å². The zero-order chi connectivity index (χ0) is 9.97. The Morgan fingerprint density at radius 3 is 2.50 bits per heavy atom. The first-order valence-corrected chi connectivity index (χ1v) is 5.21. The van der Waals surface area contributed by atoms with Gasteiger partial charge in [-0.1, -0.05) is 30.3 Å². The highest BCUT2D eigenvalue weighted by Crippen LogP contribution is 2.25. The van der Waals surface area contributed by atoms with Gasteiger partial charge in [0.25, 0.3) is 0 Å². The maximum Gasteiger partial charge on any atom is 0.155 e. The minimum absolute atomic E-state index is 0.271. The van der Waals surface area contributed by atoms with E-state index in [0.717, 1.165) is 11.1 Å². The molecule has 1 nitrogen and oxygen atoms in total. The van der Waals surface area contributed by atoms with Gasteiger partial charge in [-0.3, -0.25) is 4.98 Å². The highest BCUT2D eigenvalue weighted by atomic mass is 127. The predicted octanol–water partition coefficient (Wildman–Crippen LogP) is 3.49. The Morgan fingerprint density at radius 1 is 1.07 bits per heavy atom. The van der Waals surface area contributed by atoms with E-state index in [4.69, 9.17) is 0 Å². The predicted molar refractivity (Wildman–Crippen MR) is 62.3 cm³/mol. The van der Waals surface area contributed by atoms with Crippen molar-refractivity contribution < 1.29 is 4.39 Å². The van der Waals surface area contributed by atoms with Crippen molar-refractivity contribution in [1.29, 1.82) is 0 Å². The summed E-state index contributed by atoms with van der Waals surface area (Å²) in [5.74, 6) is -0.271. The van der Waals surface area contributed by atoms with Crippen molar-refractivity contribution in [2.45, 2.75) is 0 Å². The smallest absolute Gasteiger partial charge is 0.155 e. The van der Waals surface area contributed by atoms with Gasteiger partial charge < -0.3 is 0 Å². The summed E-state index contributed by atoms with van der Waals surface area (Å²) in [5.41, 5.74) is 1.83. The van der Waals surface area contributed by atoms with E-state index in [1.165, 1.54) is 6.20 Å². The molecule has 0 spiro atoms. The average Bonchev–Trinajstić information content (AvgIpc) is 2.23. The van der Waals surface area contributed by atoms with Gasteiger partial charge in [0, 0.05) is 11.8 Å². The fraction of sp³-hybridized carbons (Fsp3) is 0. The second-order valence-corrected chi connectivity index (χ2v) is 3.93. The van der Waals surface area contributed by atoms with Crippen LogP contribution in [0.25, 0.3) is 11.1 Å². The van der Waals surface area contributed by atoms with Gasteiger partial charge in [-0.25, -0.2) is 4.39 Å². The Morgan fingerprint density at radius 2 is 1.79 bits per heavy atom. The molecule has 0 N–H and O–H groups in total. The van der Waals surface area contributed by atoms with Crippen molar-refractivity contribution in [2.75, 3.05) is 0 Å². The lowest BCUT2D eigenvalue weighted by molar-refractivity contribution is 0.614. The Kier molecular flexibility index (Phi) is 2.77. The number of nitrogens with zero attached hydrogens (tertiary/aromatic N) is 1. The highest BCUT2D eigenvalue weighted by Gasteiger charge is 2.06. The molecule has 14 heavy (non-hydrogen) atoms. The molecule has 0 unspecified atom stereocenters. The molecule has 0 aliphatic heterocycles. The molecule has 2 rings (SSSR count). The van der Waals surface area contributed by atoms with Crippen LogP contribution in [0, 0.1) is 9.39 Å². The van der Waals surface area contributed by atoms with E-state index in [1.54, 1.807) is 6.20 Å². The number of aromatic nitrogens is 1. The van der Waals surface area contributed by atoms with Gasteiger partial charge in [0.1, 0.15) is 0 Å². The molecule has 0 amide bonds. The van der Waals surface area contributed by atoms with Crippen LogP contribution in [-0.2, 0) is 0 Å². The van der Waals surface area contributed by atoms with E-state index < -0.39 is 0 Å². The van der Waals surface area contributed by atoms with E-state index >= 15 is 0 Å². The van der Waals surface area contributed by atoms with E-state index in [9.17, 15) is 4.39 Å². The first-order chi connectivity index (χ1) is 6.79. The summed E-state index contributed by atoms with van der Waals surface area (Å²) in [6, 6.07) is 9.67. The number of hydrogen-bond donors (Lipinski definition) is 0. The standard InChI is InChI=1S/C11H7FIN/c12-10-7-14-6-9(11(10)13)8-4-2-1-3-5-8/h1-7H. The van der Waals surface area contributed by atoms with Crippen LogP contribution in [0.3, 0.4) is 0 Å². The van der Waals surface area contributed by atoms with Crippen LogP contribution < -0.4 is 0 Å². The SMILES string of the molecule is Fc1cncc(-c2ccccc2)c1I. The first kappa shape index (κ1) is 9.58. The molecule has 2 aromatic rings. The normalized spacial score (nSPS) is 10.1. The van der Waals surface area contributed by atoms with Gasteiger partial charge in [0.2, 0.25) is 0 Å². The van der Waals surface area contributed by atoms with Crippen molar-refractivity contribution in [3.8, 4) is 11.1 Å². The van der Waals surface area contributed by atoms with Crippen LogP contribution in [0.1, 0.15) is 0 Å². The summed E-state index contributed by atoms with van der Waals surface area (Å²) in [4.78, 5) is 3.84. The van der Waals surface area contributed by atoms with Gasteiger partial charge in [-0.05, 0) is 28.2 Å². The molecule has 0 saturated carbocycles. The van der Waals surface area contributed by atoms with Crippen LogP contribution >= 0.6 is 22.6 Å². The third-order valence-corrected chi connectivity index (χ3v) is 3.02. The minimum atomic E-state index is -0.271. The van der Waals surface area contributed by atoms with Crippen LogP contribution in [0.2, 0.25) is 0 Å². The zero-order valence-electron chi connectivity index (χ0n) is 7.24. The van der Waals surface area contributed by atoms with E-state index in [2.05, 4.69) is 4.98 Å². The van der Waals surface area contributed by atoms with Crippen molar-refractivity contribution in [3.63, 3.8) is 0 Å². The minimum Gasteiger partial charge on any atom is -0.261 e. The zero-order valence-corrected chi connectivity index (χ0v) is 9.40. The van der Waals surface area contributed by atoms with Gasteiger partial charge in [-0.2, -0.15) is 0 Å². The summed E-state index contributed by atoms with van der Waals surface area (Å²) in [6.07, 6.45) is 2.91. The topological polar surface area (TPSA) is 12.9 Å². The van der Waals surface area contributed by atoms with E-state index in [-0.39, 0.29) is 5.82 Å². The summed E-state index contributed by atoms with van der Waals surface area (Å²) in [7, 11) is 0. The molecule has 0 saturated heterocycles. The molecular weight excluding hydrogens is 292 g/mol. The molecule has 70 valence electrons. The maximum absolute atomic E-state index is 13.2. The van der Waals surface area contributed by atoms with Crippen molar-refractivity contribution >= 4 is 22.6 Å². The Bertz CT molecular complexity index is 442. The molecule has 0 atom stereocenters. The second kappa shape index (κ2) is 4.04. The maximum atomic E-state index is 13.2. The monoisotopic (exact) mass is 299 g/mol. The summed E-state index contributed by atoms with van der Waals surface area (Å²) >= 11 is 1.99. The molecule has 0 radical (unpaired) electrons. The lowest BCUT2D eigenvalue weighted by Crippen LogP contribution is -1.89. The average molecular weight is 299 g/mol. The number of rotatable bonds is 1. The largest absolute Gasteiger partial charge is 0.261 e. The van der Waals surface area contributed by atoms with Gasteiger partial charge >= 0.3 is 0 Å². The van der Waals surface area contributed by atoms with Crippen LogP contribution in [0.15, 0.2) is 42.7 Å². The third kappa shape index (κ3) is 1.77. The van der Waals surface area contributed by atoms with Crippen molar-refractivity contribution in [2.24, 2.45) is 0 Å². The molecule has 0 aliphatic rings. The fourth-order valence-corrected chi connectivity index (χ4v) is 1.83. The van der Waals surface area contributed by atoms with Crippen LogP contribution in [0.5, 0.6) is 0 Å². The lowest BCUT2D eigenvalue weighted by atomic mass is 10.1. The van der Waals surface area contributed by atoms with Gasteiger partial charge in [-0.15, -0.1) is 0 Å². The highest BCUT2D eigenvalue weighted by molar-refractivity contribution is 14.1. The molecule has 0 bridgehead atoms. The molecular formula is C11H7FIN. The van der Waals surface area contributed by atoms with Gasteiger partial charge in [0.05, 0.1) is 9.77 Å². The van der Waals surface area contributed by atoms with E-state index in [1.807, 2.05) is 52.9 Å². The van der Waals surface area contributed by atoms with Crippen molar-refractivity contribution in [3.05, 3.63) is 52.1 Å². The molecule has 1 heterocycles. The number of benzene rings is 1. The summed E-state index contributed by atoms with van der Waals surface area (Å²) in [5, 5.41) is 0. The van der Waals surface area contributed by atoms with Crippen molar-refractivity contribution in [1.82, 2.24) is 4.98 Å². The number of pyridine rings is 1. The molecule has 0 fully saturated rings. The lowest BCUT2D eigenvalue weighted by Gasteiger charge is -2.03. The molecule has 0 aliphatic carbocycles. The first-order valence-electron chi connectivity index (χ1n) is 4.13. The second-order valence-electron chi connectivity index (χ2n) is 2.85. The van der Waals surface area contributed by atoms with Crippen LogP contribution in [0.4, 0.5) is 4.39 Å². The summed E-state index contributed by atoms with van der Waals surface area (Å²) < 4.78 is 13.8. The third-order valence-electron chi connectivity index (χ3n) is 1.92. The Balaban J connectivity index is 2.58.